The van der Waals surface area contributed by atoms with Crippen LogP contribution in [-0.2, 0) is 0 Å². The smallest absolute Gasteiger partial charge is 0.271 e. The second-order valence-corrected chi connectivity index (χ2v) is 2.92. The monoisotopic (exact) mass is 226 g/mol. The summed E-state index contributed by atoms with van der Waals surface area (Å²) in [7, 11) is 0. The minimum absolute atomic E-state index is 0.865. The lowest BCUT2D eigenvalue weighted by atomic mass is 10.1. The molecule has 1 atom stereocenters. The van der Waals surface area contributed by atoms with Crippen molar-refractivity contribution in [3.05, 3.63) is 0 Å². The van der Waals surface area contributed by atoms with Crippen molar-refractivity contribution in [3.63, 3.8) is 0 Å². The van der Waals surface area contributed by atoms with Gasteiger partial charge < -0.3 is 0 Å². The highest BCUT2D eigenvalue weighted by atomic mass is 35.5. The fourth-order valence-electron chi connectivity index (χ4n) is 0.649. The van der Waals surface area contributed by atoms with Crippen molar-refractivity contribution in [3.8, 4) is 0 Å². The van der Waals surface area contributed by atoms with Crippen molar-refractivity contribution in [1.29, 1.82) is 0 Å². The summed E-state index contributed by atoms with van der Waals surface area (Å²) >= 11 is 4.48. The topological polar surface area (TPSA) is 38.0 Å². The third-order valence-corrected chi connectivity index (χ3v) is 1.58. The van der Waals surface area contributed by atoms with E-state index in [1.807, 2.05) is 0 Å². The molecular formula is C5H8ClF5N2. The van der Waals surface area contributed by atoms with Crippen LogP contribution in [0.25, 0.3) is 0 Å². The van der Waals surface area contributed by atoms with Crippen molar-refractivity contribution in [2.24, 2.45) is 5.84 Å². The van der Waals surface area contributed by atoms with Gasteiger partial charge in [0.2, 0.25) is 0 Å². The third-order valence-electron chi connectivity index (χ3n) is 1.31. The molecule has 0 fully saturated rings. The number of nitrogens with two attached hydrogens (primary N) is 1. The van der Waals surface area contributed by atoms with Gasteiger partial charge in [0.1, 0.15) is 0 Å². The molecule has 0 aliphatic carbocycles. The Hall–Kier alpha value is -0.140. The second kappa shape index (κ2) is 4.39. The van der Waals surface area contributed by atoms with Crippen LogP contribution in [0.15, 0.2) is 0 Å². The summed E-state index contributed by atoms with van der Waals surface area (Å²) in [5.41, 5.74) is 1.53. The van der Waals surface area contributed by atoms with Gasteiger partial charge in [0.05, 0.1) is 6.04 Å². The molecule has 0 aromatic heterocycles. The third kappa shape index (κ3) is 6.00. The Kier molecular flexibility index (Phi) is 4.34. The van der Waals surface area contributed by atoms with Crippen molar-refractivity contribution in [2.75, 3.05) is 0 Å². The van der Waals surface area contributed by atoms with E-state index in [-0.39, 0.29) is 0 Å². The first-order chi connectivity index (χ1) is 5.67. The molecule has 0 aromatic carbocycles. The predicted molar refractivity (Wildman–Crippen MR) is 37.2 cm³/mol. The first-order valence-corrected chi connectivity index (χ1v) is 3.64. The zero-order valence-corrected chi connectivity index (χ0v) is 7.09. The molecule has 0 heterocycles. The Morgan fingerprint density at radius 3 is 1.92 bits per heavy atom. The number of alkyl halides is 6. The summed E-state index contributed by atoms with van der Waals surface area (Å²) in [6, 6.07) is -1.88. The molecule has 0 saturated carbocycles. The Morgan fingerprint density at radius 1 is 1.23 bits per heavy atom. The molecule has 0 spiro atoms. The van der Waals surface area contributed by atoms with Gasteiger partial charge in [0.25, 0.3) is 0 Å². The van der Waals surface area contributed by atoms with Crippen LogP contribution in [0.4, 0.5) is 22.0 Å². The quantitative estimate of drug-likeness (QED) is 0.333. The van der Waals surface area contributed by atoms with Gasteiger partial charge in [-0.2, -0.15) is 22.0 Å². The molecule has 0 amide bonds. The minimum atomic E-state index is -4.49. The van der Waals surface area contributed by atoms with Crippen molar-refractivity contribution >= 4 is 11.6 Å². The van der Waals surface area contributed by atoms with Crippen molar-refractivity contribution < 1.29 is 22.0 Å². The van der Waals surface area contributed by atoms with Crippen LogP contribution in [0.3, 0.4) is 0 Å². The van der Waals surface area contributed by atoms with E-state index in [1.165, 1.54) is 5.43 Å². The zero-order chi connectivity index (χ0) is 10.7. The van der Waals surface area contributed by atoms with Crippen LogP contribution < -0.4 is 11.3 Å². The number of nitrogens with one attached hydrogen (secondary N) is 1. The molecule has 8 heteroatoms. The van der Waals surface area contributed by atoms with Crippen LogP contribution >= 0.6 is 11.6 Å². The number of rotatable bonds is 4. The van der Waals surface area contributed by atoms with E-state index in [4.69, 9.17) is 0 Å². The molecule has 0 aliphatic rings. The molecule has 0 radical (unpaired) electrons. The summed E-state index contributed by atoms with van der Waals surface area (Å²) < 4.78 is 59.2. The summed E-state index contributed by atoms with van der Waals surface area (Å²) in [4.78, 5) is 0. The van der Waals surface area contributed by atoms with E-state index < -0.39 is 30.4 Å². The molecule has 1 unspecified atom stereocenters. The Balaban J connectivity index is 4.02. The summed E-state index contributed by atoms with van der Waals surface area (Å²) in [6.07, 6.45) is -6.71. The van der Waals surface area contributed by atoms with Gasteiger partial charge in [-0.1, -0.05) is 0 Å². The van der Waals surface area contributed by atoms with Gasteiger partial charge in [-0.05, 0) is 18.0 Å². The maximum Gasteiger partial charge on any atom is 0.389 e. The number of halogens is 6. The highest BCUT2D eigenvalue weighted by molar-refractivity contribution is 6.22. The van der Waals surface area contributed by atoms with Crippen molar-refractivity contribution in [1.82, 2.24) is 5.43 Å². The predicted octanol–water partition coefficient (Wildman–Crippen LogP) is 1.99. The Bertz CT molecular complexity index is 154. The van der Waals surface area contributed by atoms with E-state index in [2.05, 4.69) is 17.4 Å². The summed E-state index contributed by atoms with van der Waals surface area (Å²) in [6.45, 7) is 0. The van der Waals surface area contributed by atoms with E-state index in [9.17, 15) is 22.0 Å². The highest BCUT2D eigenvalue weighted by Crippen LogP contribution is 2.30. The highest BCUT2D eigenvalue weighted by Gasteiger charge is 2.39. The van der Waals surface area contributed by atoms with Gasteiger partial charge in [-0.3, -0.25) is 5.84 Å². The van der Waals surface area contributed by atoms with Gasteiger partial charge in [-0.15, -0.1) is 0 Å². The molecule has 0 rings (SSSR count). The lowest BCUT2D eigenvalue weighted by Gasteiger charge is -2.20. The van der Waals surface area contributed by atoms with Crippen LogP contribution in [0, 0.1) is 0 Å². The van der Waals surface area contributed by atoms with E-state index in [0.29, 0.717) is 0 Å². The fraction of sp³-hybridized carbons (Fsp3) is 1.00. The van der Waals surface area contributed by atoms with Crippen LogP contribution in [0.1, 0.15) is 12.8 Å². The maximum absolute atomic E-state index is 12.2. The molecule has 0 aliphatic heterocycles. The zero-order valence-electron chi connectivity index (χ0n) is 6.34. The van der Waals surface area contributed by atoms with Gasteiger partial charge in [0.15, 0.2) is 0 Å². The van der Waals surface area contributed by atoms with E-state index in [0.717, 1.165) is 0 Å². The lowest BCUT2D eigenvalue weighted by Crippen LogP contribution is -2.45. The first kappa shape index (κ1) is 12.9. The average molecular weight is 227 g/mol. The van der Waals surface area contributed by atoms with Gasteiger partial charge in [-0.25, -0.2) is 5.43 Å². The molecule has 0 bridgehead atoms. The fourth-order valence-corrected chi connectivity index (χ4v) is 0.822. The average Bonchev–Trinajstić information content (AvgIpc) is 1.82. The Morgan fingerprint density at radius 2 is 1.69 bits per heavy atom. The first-order valence-electron chi connectivity index (χ1n) is 3.26. The van der Waals surface area contributed by atoms with Crippen molar-refractivity contribution in [2.45, 2.75) is 30.4 Å². The normalized spacial score (nSPS) is 15.9. The standard InChI is InChI=1S/C5H8ClF5N2/c6-5(10,11)3(13-12)1-2-4(7,8)9/h3,13H,1-2,12H2. The number of hydrogen-bond donors (Lipinski definition) is 2. The summed E-state index contributed by atoms with van der Waals surface area (Å²) in [5, 5.41) is -3.78. The molecule has 2 nitrogen and oxygen atoms in total. The lowest BCUT2D eigenvalue weighted by molar-refractivity contribution is -0.139. The van der Waals surface area contributed by atoms with Gasteiger partial charge in [0, 0.05) is 6.42 Å². The van der Waals surface area contributed by atoms with Crippen LogP contribution in [-0.4, -0.2) is 17.6 Å². The maximum atomic E-state index is 12.2. The molecule has 80 valence electrons. The Labute approximate surface area is 76.2 Å². The van der Waals surface area contributed by atoms with Gasteiger partial charge >= 0.3 is 11.6 Å². The number of hydrazine groups is 1. The molecule has 0 aromatic rings. The number of hydrogen-bond acceptors (Lipinski definition) is 2. The SMILES string of the molecule is NNC(CCC(F)(F)F)C(F)(F)Cl. The molecule has 0 saturated heterocycles. The summed E-state index contributed by atoms with van der Waals surface area (Å²) in [5.74, 6) is 4.61. The molecule has 13 heavy (non-hydrogen) atoms. The molecular weight excluding hydrogens is 219 g/mol. The second-order valence-electron chi connectivity index (χ2n) is 2.41. The van der Waals surface area contributed by atoms with Crippen LogP contribution in [0.5, 0.6) is 0 Å². The van der Waals surface area contributed by atoms with E-state index in [1.54, 1.807) is 0 Å². The minimum Gasteiger partial charge on any atom is -0.271 e. The van der Waals surface area contributed by atoms with E-state index >= 15 is 0 Å². The molecule has 3 N–H and O–H groups in total. The van der Waals surface area contributed by atoms with Crippen LogP contribution in [0.2, 0.25) is 0 Å². The largest absolute Gasteiger partial charge is 0.389 e.